The first-order chi connectivity index (χ1) is 11.0. The van der Waals surface area contributed by atoms with Crippen molar-refractivity contribution in [3.8, 4) is 11.5 Å². The molecule has 0 fully saturated rings. The first-order valence-electron chi connectivity index (χ1n) is 7.21. The quantitative estimate of drug-likeness (QED) is 0.711. The Kier molecular flexibility index (Phi) is 6.69. The molecule has 3 nitrogen and oxygen atoms in total. The van der Waals surface area contributed by atoms with Crippen LogP contribution < -0.4 is 14.8 Å². The van der Waals surface area contributed by atoms with Gasteiger partial charge in [-0.3, -0.25) is 0 Å². The molecule has 2 rings (SSSR count). The fourth-order valence-corrected chi connectivity index (χ4v) is 2.94. The predicted molar refractivity (Wildman–Crippen MR) is 93.8 cm³/mol. The molecule has 2 aromatic rings. The lowest BCUT2D eigenvalue weighted by molar-refractivity contribution is 0.267. The Bertz CT molecular complexity index is 682. The molecule has 0 aromatic heterocycles. The zero-order valence-electron chi connectivity index (χ0n) is 13.0. The number of hydrogen-bond donors (Lipinski definition) is 1. The molecule has 0 aliphatic heterocycles. The molecule has 0 heterocycles. The second-order valence-corrected chi connectivity index (χ2v) is 6.15. The molecule has 0 aliphatic rings. The Morgan fingerprint density at radius 1 is 1.22 bits per heavy atom. The summed E-state index contributed by atoms with van der Waals surface area (Å²) in [6.45, 7) is 3.40. The maximum absolute atomic E-state index is 13.1. The normalized spacial score (nSPS) is 10.7. The molecule has 0 saturated carbocycles. The zero-order valence-corrected chi connectivity index (χ0v) is 15.3. The van der Waals surface area contributed by atoms with Crippen LogP contribution in [0.15, 0.2) is 34.8 Å². The molecule has 1 N–H and O–H groups in total. The van der Waals surface area contributed by atoms with Gasteiger partial charge >= 0.3 is 0 Å². The molecular weight excluding hydrogens is 385 g/mol. The van der Waals surface area contributed by atoms with E-state index in [0.717, 1.165) is 16.6 Å². The van der Waals surface area contributed by atoms with Crippen LogP contribution in [-0.2, 0) is 13.2 Å². The van der Waals surface area contributed by atoms with Crippen molar-refractivity contribution in [1.29, 1.82) is 0 Å². The summed E-state index contributed by atoms with van der Waals surface area (Å²) >= 11 is 9.55. The van der Waals surface area contributed by atoms with Crippen molar-refractivity contribution in [2.75, 3.05) is 13.7 Å². The number of ether oxygens (including phenoxy) is 2. The van der Waals surface area contributed by atoms with Gasteiger partial charge in [-0.05, 0) is 59.7 Å². The number of hydrogen-bond acceptors (Lipinski definition) is 3. The maximum Gasteiger partial charge on any atom is 0.175 e. The van der Waals surface area contributed by atoms with Gasteiger partial charge in [0.25, 0.3) is 0 Å². The minimum atomic E-state index is -0.369. The fourth-order valence-electron chi connectivity index (χ4n) is 2.12. The van der Waals surface area contributed by atoms with E-state index >= 15 is 0 Å². The molecule has 2 aromatic carbocycles. The van der Waals surface area contributed by atoms with E-state index < -0.39 is 0 Å². The van der Waals surface area contributed by atoms with Crippen molar-refractivity contribution < 1.29 is 13.9 Å². The first kappa shape index (κ1) is 18.0. The third kappa shape index (κ3) is 4.83. The lowest BCUT2D eigenvalue weighted by Crippen LogP contribution is -2.07. The van der Waals surface area contributed by atoms with Crippen LogP contribution in [0.5, 0.6) is 11.5 Å². The van der Waals surface area contributed by atoms with E-state index in [0.29, 0.717) is 28.7 Å². The highest BCUT2D eigenvalue weighted by atomic mass is 79.9. The van der Waals surface area contributed by atoms with Crippen molar-refractivity contribution in [2.45, 2.75) is 20.1 Å². The third-order valence-electron chi connectivity index (χ3n) is 3.14. The lowest BCUT2D eigenvalue weighted by Gasteiger charge is -2.16. The Balaban J connectivity index is 2.23. The molecule has 6 heteroatoms. The van der Waals surface area contributed by atoms with Crippen LogP contribution in [0.3, 0.4) is 0 Å². The Labute approximate surface area is 148 Å². The molecular formula is C17H18BrClFNO2. The van der Waals surface area contributed by atoms with Gasteiger partial charge < -0.3 is 14.8 Å². The summed E-state index contributed by atoms with van der Waals surface area (Å²) in [5.41, 5.74) is 1.79. The molecule has 0 radical (unpaired) electrons. The average molecular weight is 403 g/mol. The van der Waals surface area contributed by atoms with Gasteiger partial charge in [0.05, 0.1) is 16.1 Å². The molecule has 0 aliphatic carbocycles. The van der Waals surface area contributed by atoms with Crippen LogP contribution in [0.1, 0.15) is 18.1 Å². The number of halogens is 3. The van der Waals surface area contributed by atoms with Crippen molar-refractivity contribution in [1.82, 2.24) is 5.32 Å². The van der Waals surface area contributed by atoms with E-state index in [4.69, 9.17) is 21.1 Å². The van der Waals surface area contributed by atoms with E-state index in [1.807, 2.05) is 26.1 Å². The van der Waals surface area contributed by atoms with Gasteiger partial charge in [0.15, 0.2) is 11.5 Å². The number of benzene rings is 2. The maximum atomic E-state index is 13.1. The van der Waals surface area contributed by atoms with Crippen LogP contribution >= 0.6 is 27.5 Å². The summed E-state index contributed by atoms with van der Waals surface area (Å²) in [4.78, 5) is 0. The predicted octanol–water partition coefficient (Wildman–Crippen LogP) is 4.94. The van der Waals surface area contributed by atoms with E-state index in [1.54, 1.807) is 6.07 Å². The summed E-state index contributed by atoms with van der Waals surface area (Å²) in [6, 6.07) is 8.15. The molecule has 0 spiro atoms. The van der Waals surface area contributed by atoms with Crippen LogP contribution in [0.25, 0.3) is 0 Å². The molecule has 0 unspecified atom stereocenters. The van der Waals surface area contributed by atoms with Crippen molar-refractivity contribution >= 4 is 27.5 Å². The van der Waals surface area contributed by atoms with Crippen LogP contribution in [-0.4, -0.2) is 13.7 Å². The average Bonchev–Trinajstić information content (AvgIpc) is 2.49. The standard InChI is InChI=1S/C17H18BrClFNO2/c1-3-22-16-7-11(9-21-2)6-14(18)17(16)23-10-12-4-5-13(20)8-15(12)19/h4-8,21H,3,9-10H2,1-2H3. The monoisotopic (exact) mass is 401 g/mol. The summed E-state index contributed by atoms with van der Waals surface area (Å²) in [6.07, 6.45) is 0. The van der Waals surface area contributed by atoms with Crippen molar-refractivity contribution in [3.05, 3.63) is 56.8 Å². The summed E-state index contributed by atoms with van der Waals surface area (Å²) in [5.74, 6) is 0.892. The molecule has 0 saturated heterocycles. The minimum absolute atomic E-state index is 0.225. The topological polar surface area (TPSA) is 30.5 Å². The van der Waals surface area contributed by atoms with Gasteiger partial charge in [0.1, 0.15) is 12.4 Å². The minimum Gasteiger partial charge on any atom is -0.490 e. The Hall–Kier alpha value is -1.30. The largest absolute Gasteiger partial charge is 0.490 e. The van der Waals surface area contributed by atoms with Gasteiger partial charge in [0.2, 0.25) is 0 Å². The van der Waals surface area contributed by atoms with Crippen LogP contribution in [0.4, 0.5) is 4.39 Å². The van der Waals surface area contributed by atoms with Gasteiger partial charge in [-0.15, -0.1) is 0 Å². The van der Waals surface area contributed by atoms with Gasteiger partial charge in [-0.2, -0.15) is 0 Å². The first-order valence-corrected chi connectivity index (χ1v) is 8.38. The number of rotatable bonds is 7. The lowest BCUT2D eigenvalue weighted by atomic mass is 10.2. The summed E-state index contributed by atoms with van der Waals surface area (Å²) in [5, 5.41) is 3.44. The Morgan fingerprint density at radius 2 is 2.00 bits per heavy atom. The molecule has 23 heavy (non-hydrogen) atoms. The van der Waals surface area contributed by atoms with Gasteiger partial charge in [-0.1, -0.05) is 17.7 Å². The third-order valence-corrected chi connectivity index (χ3v) is 4.08. The second-order valence-electron chi connectivity index (χ2n) is 4.89. The second kappa shape index (κ2) is 8.52. The van der Waals surface area contributed by atoms with E-state index in [1.165, 1.54) is 12.1 Å². The van der Waals surface area contributed by atoms with E-state index in [9.17, 15) is 4.39 Å². The van der Waals surface area contributed by atoms with Gasteiger partial charge in [-0.25, -0.2) is 4.39 Å². The smallest absolute Gasteiger partial charge is 0.175 e. The summed E-state index contributed by atoms with van der Waals surface area (Å²) in [7, 11) is 1.88. The van der Waals surface area contributed by atoms with Crippen LogP contribution in [0, 0.1) is 5.82 Å². The Morgan fingerprint density at radius 3 is 2.65 bits per heavy atom. The molecule has 0 bridgehead atoms. The highest BCUT2D eigenvalue weighted by molar-refractivity contribution is 9.10. The highest BCUT2D eigenvalue weighted by Crippen LogP contribution is 2.37. The molecule has 124 valence electrons. The van der Waals surface area contributed by atoms with Gasteiger partial charge in [0, 0.05) is 12.1 Å². The SMILES string of the molecule is CCOc1cc(CNC)cc(Br)c1OCc1ccc(F)cc1Cl. The van der Waals surface area contributed by atoms with E-state index in [-0.39, 0.29) is 12.4 Å². The highest BCUT2D eigenvalue weighted by Gasteiger charge is 2.13. The molecule has 0 atom stereocenters. The van der Waals surface area contributed by atoms with Crippen LogP contribution in [0.2, 0.25) is 5.02 Å². The van der Waals surface area contributed by atoms with E-state index in [2.05, 4.69) is 21.2 Å². The molecule has 0 amide bonds. The fraction of sp³-hybridized carbons (Fsp3) is 0.294. The van der Waals surface area contributed by atoms with Crippen molar-refractivity contribution in [3.63, 3.8) is 0 Å². The number of nitrogens with one attached hydrogen (secondary N) is 1. The summed E-state index contributed by atoms with van der Waals surface area (Å²) < 4.78 is 25.4. The zero-order chi connectivity index (χ0) is 16.8. The van der Waals surface area contributed by atoms with Crippen molar-refractivity contribution in [2.24, 2.45) is 0 Å².